The van der Waals surface area contributed by atoms with Crippen LogP contribution in [0.3, 0.4) is 0 Å². The number of allylic oxidation sites excluding steroid dienone is 1. The fourth-order valence-corrected chi connectivity index (χ4v) is 3.39. The molecule has 4 rings (SSSR count). The Morgan fingerprint density at radius 3 is 2.93 bits per heavy atom. The van der Waals surface area contributed by atoms with Gasteiger partial charge < -0.3 is 10.1 Å². The van der Waals surface area contributed by atoms with E-state index in [0.717, 1.165) is 28.9 Å². The Morgan fingerprint density at radius 2 is 2.11 bits per heavy atom. The minimum absolute atomic E-state index is 0.0320. The lowest BCUT2D eigenvalue weighted by Crippen LogP contribution is -2.34. The summed E-state index contributed by atoms with van der Waals surface area (Å²) >= 11 is 0. The molecule has 1 N–H and O–H groups in total. The summed E-state index contributed by atoms with van der Waals surface area (Å²) in [5, 5.41) is 5.26. The smallest absolute Gasteiger partial charge is 0.220 e. The molecule has 1 amide bonds. The summed E-state index contributed by atoms with van der Waals surface area (Å²) in [6.45, 7) is 4.16. The van der Waals surface area contributed by atoms with Gasteiger partial charge in [-0.15, -0.1) is 6.58 Å². The van der Waals surface area contributed by atoms with Crippen molar-refractivity contribution in [3.63, 3.8) is 0 Å². The molecular formula is C22H21N3O2. The van der Waals surface area contributed by atoms with Crippen molar-refractivity contribution in [2.45, 2.75) is 25.4 Å². The van der Waals surface area contributed by atoms with Gasteiger partial charge >= 0.3 is 0 Å². The number of amides is 1. The van der Waals surface area contributed by atoms with E-state index >= 15 is 0 Å². The quantitative estimate of drug-likeness (QED) is 0.682. The molecule has 2 aromatic carbocycles. The van der Waals surface area contributed by atoms with Gasteiger partial charge in [0.1, 0.15) is 11.9 Å². The van der Waals surface area contributed by atoms with Gasteiger partial charge in [0.25, 0.3) is 0 Å². The fourth-order valence-electron chi connectivity index (χ4n) is 3.39. The van der Waals surface area contributed by atoms with Gasteiger partial charge in [-0.1, -0.05) is 24.3 Å². The summed E-state index contributed by atoms with van der Waals surface area (Å²) in [5.41, 5.74) is 2.19. The molecule has 136 valence electrons. The Balaban J connectivity index is 1.51. The van der Waals surface area contributed by atoms with Crippen molar-refractivity contribution < 1.29 is 9.53 Å². The number of hydrogen-bond acceptors (Lipinski definition) is 4. The Kier molecular flexibility index (Phi) is 4.83. The molecule has 1 aliphatic heterocycles. The average Bonchev–Trinajstić information content (AvgIpc) is 3.14. The van der Waals surface area contributed by atoms with Crippen molar-refractivity contribution in [1.29, 1.82) is 0 Å². The van der Waals surface area contributed by atoms with Crippen LogP contribution >= 0.6 is 0 Å². The largest absolute Gasteiger partial charge is 0.488 e. The highest BCUT2D eigenvalue weighted by atomic mass is 16.5. The predicted molar refractivity (Wildman–Crippen MR) is 106 cm³/mol. The second-order valence-electron chi connectivity index (χ2n) is 6.63. The molecule has 3 aromatic rings. The highest BCUT2D eigenvalue weighted by Crippen LogP contribution is 2.36. The van der Waals surface area contributed by atoms with Gasteiger partial charge in [0.2, 0.25) is 5.91 Å². The van der Waals surface area contributed by atoms with E-state index < -0.39 is 0 Å². The Hall–Kier alpha value is -3.21. The van der Waals surface area contributed by atoms with Crippen LogP contribution in [-0.2, 0) is 11.2 Å². The number of ether oxygens (including phenoxy) is 1. The van der Waals surface area contributed by atoms with E-state index in [0.29, 0.717) is 19.4 Å². The zero-order valence-electron chi connectivity index (χ0n) is 15.0. The summed E-state index contributed by atoms with van der Waals surface area (Å²) in [6, 6.07) is 12.1. The molecule has 1 aliphatic rings. The van der Waals surface area contributed by atoms with Crippen LogP contribution in [0.5, 0.6) is 5.75 Å². The topological polar surface area (TPSA) is 64.1 Å². The minimum atomic E-state index is -0.0320. The van der Waals surface area contributed by atoms with E-state index in [2.05, 4.69) is 40.1 Å². The first-order chi connectivity index (χ1) is 13.2. The van der Waals surface area contributed by atoms with Crippen molar-refractivity contribution in [3.8, 4) is 17.1 Å². The number of nitrogens with one attached hydrogen (secondary N) is 1. The van der Waals surface area contributed by atoms with E-state index in [4.69, 9.17) is 4.74 Å². The molecule has 27 heavy (non-hydrogen) atoms. The van der Waals surface area contributed by atoms with Gasteiger partial charge in [0.05, 0.1) is 6.54 Å². The van der Waals surface area contributed by atoms with Crippen molar-refractivity contribution >= 4 is 16.7 Å². The van der Waals surface area contributed by atoms with Crippen LogP contribution in [0.25, 0.3) is 22.2 Å². The van der Waals surface area contributed by atoms with E-state index in [1.165, 1.54) is 10.9 Å². The van der Waals surface area contributed by atoms with Crippen LogP contribution in [-0.4, -0.2) is 28.5 Å². The third kappa shape index (κ3) is 3.67. The summed E-state index contributed by atoms with van der Waals surface area (Å²) < 4.78 is 6.03. The maximum Gasteiger partial charge on any atom is 0.220 e. The lowest BCUT2D eigenvalue weighted by molar-refractivity contribution is -0.121. The predicted octanol–water partition coefficient (Wildman–Crippen LogP) is 3.68. The first-order valence-electron chi connectivity index (χ1n) is 9.12. The molecule has 0 saturated carbocycles. The van der Waals surface area contributed by atoms with Gasteiger partial charge in [0, 0.05) is 36.4 Å². The van der Waals surface area contributed by atoms with E-state index in [1.54, 1.807) is 18.5 Å². The second-order valence-corrected chi connectivity index (χ2v) is 6.63. The molecule has 5 nitrogen and oxygen atoms in total. The highest BCUT2D eigenvalue weighted by Gasteiger charge is 2.25. The van der Waals surface area contributed by atoms with Crippen LogP contribution in [0, 0.1) is 0 Å². The van der Waals surface area contributed by atoms with Crippen LogP contribution < -0.4 is 10.1 Å². The standard InChI is InChI=1S/C22H21N3O2/c1-2-3-5-21(26)25-14-17-13-19-18-8-6-16(22-23-10-4-11-24-22)12-15(18)7-9-20(19)27-17/h2,4,6-12,17H,1,3,5,13-14H2,(H,25,26). The first-order valence-corrected chi connectivity index (χ1v) is 9.12. The van der Waals surface area contributed by atoms with Gasteiger partial charge in [-0.3, -0.25) is 4.79 Å². The zero-order chi connectivity index (χ0) is 18.6. The maximum atomic E-state index is 11.8. The molecule has 0 spiro atoms. The number of hydrogen-bond donors (Lipinski definition) is 1. The Bertz CT molecular complexity index is 986. The molecule has 0 fully saturated rings. The van der Waals surface area contributed by atoms with Gasteiger partial charge in [0.15, 0.2) is 5.82 Å². The normalized spacial score (nSPS) is 15.2. The molecule has 1 unspecified atom stereocenters. The molecule has 2 heterocycles. The highest BCUT2D eigenvalue weighted by molar-refractivity contribution is 5.91. The maximum absolute atomic E-state index is 11.8. The van der Waals surface area contributed by atoms with Crippen LogP contribution in [0.2, 0.25) is 0 Å². The summed E-state index contributed by atoms with van der Waals surface area (Å²) in [5.74, 6) is 1.65. The molecule has 0 radical (unpaired) electrons. The molecule has 0 saturated heterocycles. The zero-order valence-corrected chi connectivity index (χ0v) is 15.0. The number of fused-ring (bicyclic) bond motifs is 3. The van der Waals surface area contributed by atoms with Crippen LogP contribution in [0.15, 0.2) is 61.4 Å². The van der Waals surface area contributed by atoms with E-state index in [-0.39, 0.29) is 12.0 Å². The first kappa shape index (κ1) is 17.2. The minimum Gasteiger partial charge on any atom is -0.488 e. The average molecular weight is 359 g/mol. The fraction of sp³-hybridized carbons (Fsp3) is 0.227. The second kappa shape index (κ2) is 7.58. The molecule has 1 atom stereocenters. The van der Waals surface area contributed by atoms with Gasteiger partial charge in [-0.05, 0) is 35.4 Å². The summed E-state index contributed by atoms with van der Waals surface area (Å²) in [4.78, 5) is 20.4. The Labute approximate surface area is 158 Å². The number of nitrogens with zero attached hydrogens (tertiary/aromatic N) is 2. The lowest BCUT2D eigenvalue weighted by Gasteiger charge is -2.11. The Morgan fingerprint density at radius 1 is 1.26 bits per heavy atom. The third-order valence-electron chi connectivity index (χ3n) is 4.74. The van der Waals surface area contributed by atoms with Crippen molar-refractivity contribution in [3.05, 3.63) is 67.0 Å². The van der Waals surface area contributed by atoms with E-state index in [9.17, 15) is 4.79 Å². The molecule has 1 aromatic heterocycles. The molecule has 0 aliphatic carbocycles. The van der Waals surface area contributed by atoms with Gasteiger partial charge in [-0.2, -0.15) is 0 Å². The molecular weight excluding hydrogens is 338 g/mol. The van der Waals surface area contributed by atoms with Crippen molar-refractivity contribution in [1.82, 2.24) is 15.3 Å². The number of aromatic nitrogens is 2. The van der Waals surface area contributed by atoms with Crippen LogP contribution in [0.4, 0.5) is 0 Å². The summed E-state index contributed by atoms with van der Waals surface area (Å²) in [6.07, 6.45) is 7.16. The molecule has 5 heteroatoms. The number of rotatable bonds is 6. The van der Waals surface area contributed by atoms with Crippen molar-refractivity contribution in [2.75, 3.05) is 6.54 Å². The summed E-state index contributed by atoms with van der Waals surface area (Å²) in [7, 11) is 0. The van der Waals surface area contributed by atoms with Crippen LogP contribution in [0.1, 0.15) is 18.4 Å². The number of carbonyl (C=O) groups excluding carboxylic acids is 1. The SMILES string of the molecule is C=CCCC(=O)NCC1Cc2c(ccc3cc(-c4ncccn4)ccc23)O1. The monoisotopic (exact) mass is 359 g/mol. The number of benzene rings is 2. The van der Waals surface area contributed by atoms with Gasteiger partial charge in [-0.25, -0.2) is 9.97 Å². The molecule has 0 bridgehead atoms. The van der Waals surface area contributed by atoms with E-state index in [1.807, 2.05) is 18.2 Å². The lowest BCUT2D eigenvalue weighted by atomic mass is 9.99. The number of carbonyl (C=O) groups is 1. The third-order valence-corrected chi connectivity index (χ3v) is 4.74. The van der Waals surface area contributed by atoms with Crippen molar-refractivity contribution in [2.24, 2.45) is 0 Å².